The number of Topliss-reactive ketones (excluding diaryl/α,β-unsaturated/α-hetero) is 1. The molecule has 18 heteroatoms. The van der Waals surface area contributed by atoms with Crippen molar-refractivity contribution in [3.8, 4) is 28.4 Å². The third-order valence-electron chi connectivity index (χ3n) is 7.68. The fourth-order valence-corrected chi connectivity index (χ4v) is 5.08. The SMILES string of the molecule is CC(C)(C)OC(=O)NCCC(NC(=O)OCC1c2ccccc2-c2ccccc21)C(=O)O.O=C(O)CCCCC(=O)C(=O)O.O=C(O)c1ccc(O)c(O)c1O. The van der Waals surface area contributed by atoms with Gasteiger partial charge in [0.25, 0.3) is 0 Å². The highest BCUT2D eigenvalue weighted by molar-refractivity contribution is 6.32. The van der Waals surface area contributed by atoms with Crippen LogP contribution in [0.1, 0.15) is 80.3 Å². The average Bonchev–Trinajstić information content (AvgIpc) is 3.44. The Morgan fingerprint density at radius 3 is 1.79 bits per heavy atom. The third kappa shape index (κ3) is 14.5. The number of amides is 2. The Hall–Kier alpha value is -6.85. The van der Waals surface area contributed by atoms with E-state index in [0.29, 0.717) is 12.8 Å². The van der Waals surface area contributed by atoms with Crippen LogP contribution in [0.5, 0.6) is 17.2 Å². The minimum Gasteiger partial charge on any atom is -0.504 e. The van der Waals surface area contributed by atoms with E-state index in [9.17, 15) is 38.7 Å². The van der Waals surface area contributed by atoms with E-state index in [4.69, 9.17) is 40.1 Å². The van der Waals surface area contributed by atoms with Gasteiger partial charge in [-0.3, -0.25) is 9.59 Å². The van der Waals surface area contributed by atoms with E-state index in [-0.39, 0.29) is 38.3 Å². The van der Waals surface area contributed by atoms with Gasteiger partial charge in [-0.1, -0.05) is 48.5 Å². The molecule has 4 rings (SSSR count). The van der Waals surface area contributed by atoms with Crippen molar-refractivity contribution >= 4 is 41.8 Å². The molecule has 1 atom stereocenters. The molecule has 3 aromatic carbocycles. The molecule has 0 saturated heterocycles. The number of ketones is 1. The summed E-state index contributed by atoms with van der Waals surface area (Å²) in [5, 5.41) is 65.6. The lowest BCUT2D eigenvalue weighted by molar-refractivity contribution is -0.149. The number of carboxylic acid groups (broad SMARTS) is 4. The minimum atomic E-state index is -1.45. The Morgan fingerprint density at radius 1 is 0.732 bits per heavy atom. The molecule has 0 heterocycles. The summed E-state index contributed by atoms with van der Waals surface area (Å²) in [5.74, 6) is -8.17. The van der Waals surface area contributed by atoms with Crippen LogP contribution >= 0.6 is 0 Å². The van der Waals surface area contributed by atoms with Crippen molar-refractivity contribution in [2.45, 2.75) is 70.4 Å². The highest BCUT2D eigenvalue weighted by Gasteiger charge is 2.30. The quantitative estimate of drug-likeness (QED) is 0.0609. The van der Waals surface area contributed by atoms with Gasteiger partial charge in [-0.05, 0) is 74.4 Å². The van der Waals surface area contributed by atoms with Crippen LogP contribution in [0.3, 0.4) is 0 Å². The number of carboxylic acids is 4. The van der Waals surface area contributed by atoms with Crippen molar-refractivity contribution in [3.63, 3.8) is 0 Å². The summed E-state index contributed by atoms with van der Waals surface area (Å²) in [6.45, 7) is 5.29. The Bertz CT molecular complexity index is 1860. The summed E-state index contributed by atoms with van der Waals surface area (Å²) in [6.07, 6.45) is -0.931. The first-order chi connectivity index (χ1) is 26.2. The lowest BCUT2D eigenvalue weighted by Gasteiger charge is -2.20. The van der Waals surface area contributed by atoms with E-state index in [0.717, 1.165) is 34.4 Å². The van der Waals surface area contributed by atoms with E-state index in [1.165, 1.54) is 0 Å². The van der Waals surface area contributed by atoms with Crippen LogP contribution in [0.25, 0.3) is 11.1 Å². The molecule has 0 fully saturated rings. The number of unbranched alkanes of at least 4 members (excludes halogenated alkanes) is 1. The number of hydrogen-bond acceptors (Lipinski definition) is 12. The van der Waals surface area contributed by atoms with Crippen molar-refractivity contribution in [2.24, 2.45) is 0 Å². The third-order valence-corrected chi connectivity index (χ3v) is 7.68. The van der Waals surface area contributed by atoms with Crippen molar-refractivity contribution in [1.82, 2.24) is 10.6 Å². The lowest BCUT2D eigenvalue weighted by atomic mass is 9.98. The van der Waals surface area contributed by atoms with Crippen LogP contribution in [0.2, 0.25) is 0 Å². The Balaban J connectivity index is 0.000000368. The number of benzene rings is 3. The van der Waals surface area contributed by atoms with Crippen molar-refractivity contribution in [3.05, 3.63) is 77.4 Å². The number of carbonyl (C=O) groups is 7. The van der Waals surface area contributed by atoms with Crippen molar-refractivity contribution < 1.29 is 78.8 Å². The molecule has 0 radical (unpaired) electrons. The van der Waals surface area contributed by atoms with Gasteiger partial charge in [0.1, 0.15) is 23.8 Å². The van der Waals surface area contributed by atoms with E-state index in [1.54, 1.807) is 20.8 Å². The van der Waals surface area contributed by atoms with E-state index in [2.05, 4.69) is 10.6 Å². The standard InChI is InChI=1S/C24H28N2O6.C7H6O5.C7H10O5/c1-24(2,3)32-22(29)25-13-12-20(21(27)28)26-23(30)31-14-19-17-10-6-4-8-15(17)16-9-5-7-11-18(16)19;8-4-2-1-3(7(11)12)5(9)6(4)10;8-5(7(11)12)3-1-2-4-6(9)10/h4-11,19-20H,12-14H2,1-3H3,(H,25,29)(H,26,30)(H,27,28);1-2,8-10H,(H,11,12);1-4H2,(H,9,10)(H,11,12). The smallest absolute Gasteiger partial charge is 0.407 e. The summed E-state index contributed by atoms with van der Waals surface area (Å²) in [6, 6.07) is 16.7. The van der Waals surface area contributed by atoms with Crippen LogP contribution in [0.4, 0.5) is 9.59 Å². The fourth-order valence-electron chi connectivity index (χ4n) is 5.08. The molecule has 0 saturated carbocycles. The molecule has 1 aliphatic rings. The van der Waals surface area contributed by atoms with E-state index >= 15 is 0 Å². The molecule has 18 nitrogen and oxygen atoms in total. The average molecular weight is 785 g/mol. The zero-order valence-corrected chi connectivity index (χ0v) is 30.7. The number of aromatic carboxylic acids is 1. The maximum absolute atomic E-state index is 12.3. The number of aromatic hydroxyl groups is 3. The normalized spacial score (nSPS) is 11.8. The molecule has 9 N–H and O–H groups in total. The van der Waals surface area contributed by atoms with E-state index in [1.807, 2.05) is 48.5 Å². The molecule has 3 aromatic rings. The van der Waals surface area contributed by atoms with Gasteiger partial charge in [0.2, 0.25) is 11.5 Å². The van der Waals surface area contributed by atoms with Crippen LogP contribution in [-0.2, 0) is 28.7 Å². The highest BCUT2D eigenvalue weighted by Crippen LogP contribution is 2.44. The van der Waals surface area contributed by atoms with Gasteiger partial charge in [-0.2, -0.15) is 0 Å². The summed E-state index contributed by atoms with van der Waals surface area (Å²) < 4.78 is 10.5. The number of hydrogen-bond donors (Lipinski definition) is 9. The number of aliphatic carboxylic acids is 3. The maximum atomic E-state index is 12.3. The molecule has 302 valence electrons. The largest absolute Gasteiger partial charge is 0.504 e. The first kappa shape index (κ1) is 45.3. The second-order valence-corrected chi connectivity index (χ2v) is 13.0. The number of rotatable bonds is 14. The van der Waals surface area contributed by atoms with Gasteiger partial charge in [-0.15, -0.1) is 0 Å². The van der Waals surface area contributed by atoms with Gasteiger partial charge in [0.05, 0.1) is 0 Å². The molecule has 56 heavy (non-hydrogen) atoms. The topological polar surface area (TPSA) is 304 Å². The second kappa shape index (κ2) is 21.1. The van der Waals surface area contributed by atoms with Crippen LogP contribution < -0.4 is 10.6 Å². The molecule has 1 aliphatic carbocycles. The zero-order valence-electron chi connectivity index (χ0n) is 30.7. The maximum Gasteiger partial charge on any atom is 0.407 e. The van der Waals surface area contributed by atoms with Crippen molar-refractivity contribution in [2.75, 3.05) is 13.2 Å². The number of alkyl carbamates (subject to hydrolysis) is 2. The molecule has 0 aromatic heterocycles. The minimum absolute atomic E-state index is 0.0151. The van der Waals surface area contributed by atoms with Gasteiger partial charge in [0, 0.05) is 25.3 Å². The number of carbonyl (C=O) groups excluding carboxylic acids is 3. The first-order valence-electron chi connectivity index (χ1n) is 17.0. The summed E-state index contributed by atoms with van der Waals surface area (Å²) in [7, 11) is 0. The van der Waals surface area contributed by atoms with Crippen LogP contribution in [-0.4, -0.2) is 102 Å². The fraction of sp³-hybridized carbons (Fsp3) is 0.342. The summed E-state index contributed by atoms with van der Waals surface area (Å²) in [4.78, 5) is 76.2. The lowest BCUT2D eigenvalue weighted by Crippen LogP contribution is -2.44. The van der Waals surface area contributed by atoms with Gasteiger partial charge >= 0.3 is 36.1 Å². The predicted molar refractivity (Wildman–Crippen MR) is 196 cm³/mol. The zero-order chi connectivity index (χ0) is 42.2. The summed E-state index contributed by atoms with van der Waals surface area (Å²) in [5.41, 5.74) is 3.24. The number of ether oxygens (including phenoxy) is 2. The summed E-state index contributed by atoms with van der Waals surface area (Å²) >= 11 is 0. The molecule has 1 unspecified atom stereocenters. The van der Waals surface area contributed by atoms with E-state index < -0.39 is 76.3 Å². The molecule has 0 aliphatic heterocycles. The van der Waals surface area contributed by atoms with Crippen LogP contribution in [0, 0.1) is 0 Å². The Labute approximate surface area is 320 Å². The van der Waals surface area contributed by atoms with Gasteiger partial charge in [-0.25, -0.2) is 24.0 Å². The molecule has 2 amide bonds. The van der Waals surface area contributed by atoms with Gasteiger partial charge in [0.15, 0.2) is 11.5 Å². The number of phenols is 3. The molecule has 0 bridgehead atoms. The molecular formula is C38H44N2O16. The number of fused-ring (bicyclic) bond motifs is 3. The number of phenolic OH excluding ortho intramolecular Hbond substituents is 2. The predicted octanol–water partition coefficient (Wildman–Crippen LogP) is 4.68. The molecule has 0 spiro atoms. The number of nitrogens with one attached hydrogen (secondary N) is 2. The van der Waals surface area contributed by atoms with Gasteiger partial charge < -0.3 is 55.9 Å². The second-order valence-electron chi connectivity index (χ2n) is 13.0. The highest BCUT2D eigenvalue weighted by atomic mass is 16.6. The first-order valence-corrected chi connectivity index (χ1v) is 17.0. The molecular weight excluding hydrogens is 740 g/mol. The van der Waals surface area contributed by atoms with Crippen LogP contribution in [0.15, 0.2) is 60.7 Å². The van der Waals surface area contributed by atoms with Crippen molar-refractivity contribution in [1.29, 1.82) is 0 Å². The Morgan fingerprint density at radius 2 is 1.29 bits per heavy atom. The monoisotopic (exact) mass is 784 g/mol. The Kier molecular flexibility index (Phi) is 17.1.